The molecule has 1 aromatic rings. The quantitative estimate of drug-likeness (QED) is 0.886. The molecule has 0 spiro atoms. The summed E-state index contributed by atoms with van der Waals surface area (Å²) in [5.74, 6) is 1.12. The van der Waals surface area contributed by atoms with E-state index >= 15 is 0 Å². The summed E-state index contributed by atoms with van der Waals surface area (Å²) in [6, 6.07) is 7.63. The van der Waals surface area contributed by atoms with E-state index in [0.717, 1.165) is 30.7 Å². The molecule has 2 amide bonds. The van der Waals surface area contributed by atoms with Crippen molar-refractivity contribution in [3.63, 3.8) is 0 Å². The zero-order chi connectivity index (χ0) is 16.7. The molecule has 0 aromatic heterocycles. The fraction of sp³-hybridized carbons (Fsp3) is 0.556. The van der Waals surface area contributed by atoms with Gasteiger partial charge in [-0.3, -0.25) is 9.59 Å². The highest BCUT2D eigenvalue weighted by atomic mass is 16.5. The van der Waals surface area contributed by atoms with Crippen LogP contribution in [0.1, 0.15) is 24.8 Å². The third-order valence-electron chi connectivity index (χ3n) is 5.42. The number of carbonyl (C=O) groups excluding carboxylic acids is 2. The molecule has 0 aliphatic carbocycles. The van der Waals surface area contributed by atoms with Gasteiger partial charge < -0.3 is 19.9 Å². The second-order valence-corrected chi connectivity index (χ2v) is 6.86. The highest BCUT2D eigenvalue weighted by Gasteiger charge is 2.51. The lowest BCUT2D eigenvalue weighted by molar-refractivity contribution is -0.156. The van der Waals surface area contributed by atoms with Crippen LogP contribution in [0.2, 0.25) is 0 Å². The Balaban J connectivity index is 1.41. The van der Waals surface area contributed by atoms with Crippen molar-refractivity contribution in [1.82, 2.24) is 15.1 Å². The van der Waals surface area contributed by atoms with Crippen molar-refractivity contribution in [2.45, 2.75) is 43.9 Å². The summed E-state index contributed by atoms with van der Waals surface area (Å²) in [5, 5.41) is 3.49. The average molecular weight is 329 g/mol. The lowest BCUT2D eigenvalue weighted by Gasteiger charge is -2.38. The molecule has 0 saturated carbocycles. The molecule has 0 unspecified atom stereocenters. The number of fused-ring (bicyclic) bond motifs is 2. The molecule has 3 aliphatic rings. The highest BCUT2D eigenvalue weighted by molar-refractivity contribution is 5.98. The van der Waals surface area contributed by atoms with Gasteiger partial charge in [0, 0.05) is 25.7 Å². The van der Waals surface area contributed by atoms with Crippen molar-refractivity contribution in [3.05, 3.63) is 29.8 Å². The van der Waals surface area contributed by atoms with Gasteiger partial charge in [0.2, 0.25) is 11.8 Å². The zero-order valence-corrected chi connectivity index (χ0v) is 13.9. The number of hydrogen-bond donors (Lipinski definition) is 1. The third kappa shape index (κ3) is 2.55. The first kappa shape index (κ1) is 15.4. The molecule has 0 bridgehead atoms. The monoisotopic (exact) mass is 329 g/mol. The van der Waals surface area contributed by atoms with Crippen LogP contribution in [-0.2, 0) is 16.1 Å². The van der Waals surface area contributed by atoms with Gasteiger partial charge >= 0.3 is 0 Å². The minimum atomic E-state index is -0.269. The number of hydrogen-bond acceptors (Lipinski definition) is 4. The fourth-order valence-corrected chi connectivity index (χ4v) is 4.18. The number of carbonyl (C=O) groups is 2. The summed E-state index contributed by atoms with van der Waals surface area (Å²) >= 11 is 0. The molecule has 24 heavy (non-hydrogen) atoms. The third-order valence-corrected chi connectivity index (χ3v) is 5.42. The number of rotatable bonds is 4. The van der Waals surface area contributed by atoms with Gasteiger partial charge in [0.1, 0.15) is 17.8 Å². The molecule has 0 radical (unpaired) electrons. The van der Waals surface area contributed by atoms with Crippen molar-refractivity contribution in [2.75, 3.05) is 20.2 Å². The van der Waals surface area contributed by atoms with E-state index in [1.54, 1.807) is 16.9 Å². The second-order valence-electron chi connectivity index (χ2n) is 6.86. The Kier molecular flexibility index (Phi) is 3.92. The minimum absolute atomic E-state index is 0.141. The molecule has 3 atom stereocenters. The summed E-state index contributed by atoms with van der Waals surface area (Å²) in [4.78, 5) is 28.9. The van der Waals surface area contributed by atoms with Gasteiger partial charge in [-0.05, 0) is 37.0 Å². The zero-order valence-electron chi connectivity index (χ0n) is 13.9. The van der Waals surface area contributed by atoms with E-state index in [2.05, 4.69) is 5.32 Å². The number of nitrogens with one attached hydrogen (secondary N) is 1. The molecule has 3 saturated heterocycles. The summed E-state index contributed by atoms with van der Waals surface area (Å²) < 4.78 is 5.24. The maximum Gasteiger partial charge on any atom is 0.246 e. The van der Waals surface area contributed by atoms with Crippen LogP contribution in [0.3, 0.4) is 0 Å². The maximum atomic E-state index is 12.6. The molecule has 3 fully saturated rings. The van der Waals surface area contributed by atoms with Gasteiger partial charge in [0.15, 0.2) is 0 Å². The molecule has 128 valence electrons. The first-order valence-electron chi connectivity index (χ1n) is 8.64. The number of ether oxygens (including phenoxy) is 1. The number of benzene rings is 1. The molecule has 1 aromatic carbocycles. The summed E-state index contributed by atoms with van der Waals surface area (Å²) in [6.45, 7) is 2.07. The molecule has 3 aliphatic heterocycles. The Bertz CT molecular complexity index is 633. The topological polar surface area (TPSA) is 61.9 Å². The standard InChI is InChI=1S/C18H23N3O3/c1-24-14-5-2-4-12(8-14)10-19-13-9-16-18(23)20-7-3-6-15(20)17(22)21(16)11-13/h2,4-5,8,13,15-16,19H,3,6-7,9-11H2,1H3/t13-,15+,16-/m0/s1. The van der Waals surface area contributed by atoms with Crippen LogP contribution in [0.4, 0.5) is 0 Å². The lowest BCUT2D eigenvalue weighted by Crippen LogP contribution is -2.60. The second kappa shape index (κ2) is 6.09. The van der Waals surface area contributed by atoms with Crippen LogP contribution in [-0.4, -0.2) is 59.9 Å². The number of nitrogens with zero attached hydrogens (tertiary/aromatic N) is 2. The highest BCUT2D eigenvalue weighted by Crippen LogP contribution is 2.32. The van der Waals surface area contributed by atoms with Crippen molar-refractivity contribution in [1.29, 1.82) is 0 Å². The Morgan fingerprint density at radius 1 is 1.21 bits per heavy atom. The Morgan fingerprint density at radius 2 is 2.04 bits per heavy atom. The summed E-state index contributed by atoms with van der Waals surface area (Å²) in [6.07, 6.45) is 2.47. The maximum absolute atomic E-state index is 12.6. The first-order valence-corrected chi connectivity index (χ1v) is 8.64. The van der Waals surface area contributed by atoms with E-state index in [0.29, 0.717) is 19.5 Å². The van der Waals surface area contributed by atoms with E-state index in [9.17, 15) is 9.59 Å². The molecular formula is C18H23N3O3. The van der Waals surface area contributed by atoms with Crippen LogP contribution in [0.25, 0.3) is 0 Å². The Labute approximate surface area is 141 Å². The smallest absolute Gasteiger partial charge is 0.246 e. The van der Waals surface area contributed by atoms with Crippen molar-refractivity contribution in [2.24, 2.45) is 0 Å². The first-order chi connectivity index (χ1) is 11.7. The summed E-state index contributed by atoms with van der Waals surface area (Å²) in [5.41, 5.74) is 1.14. The van der Waals surface area contributed by atoms with Gasteiger partial charge in [-0.15, -0.1) is 0 Å². The molecule has 3 heterocycles. The normalized spacial score (nSPS) is 29.0. The molecular weight excluding hydrogens is 306 g/mol. The van der Waals surface area contributed by atoms with Gasteiger partial charge in [-0.25, -0.2) is 0 Å². The predicted molar refractivity (Wildman–Crippen MR) is 88.5 cm³/mol. The van der Waals surface area contributed by atoms with E-state index in [-0.39, 0.29) is 29.9 Å². The van der Waals surface area contributed by atoms with Gasteiger partial charge in [-0.2, -0.15) is 0 Å². The molecule has 4 rings (SSSR count). The van der Waals surface area contributed by atoms with Crippen molar-refractivity contribution >= 4 is 11.8 Å². The molecule has 6 nitrogen and oxygen atoms in total. The van der Waals surface area contributed by atoms with Gasteiger partial charge in [0.05, 0.1) is 7.11 Å². The van der Waals surface area contributed by atoms with Gasteiger partial charge in [0.25, 0.3) is 0 Å². The largest absolute Gasteiger partial charge is 0.497 e. The fourth-order valence-electron chi connectivity index (χ4n) is 4.18. The Morgan fingerprint density at radius 3 is 2.88 bits per heavy atom. The molecule has 6 heteroatoms. The predicted octanol–water partition coefficient (Wildman–Crippen LogP) is 0.759. The average Bonchev–Trinajstić information content (AvgIpc) is 3.25. The number of piperazine rings is 1. The van der Waals surface area contributed by atoms with E-state index in [4.69, 9.17) is 4.74 Å². The van der Waals surface area contributed by atoms with Gasteiger partial charge in [-0.1, -0.05) is 12.1 Å². The van der Waals surface area contributed by atoms with E-state index < -0.39 is 0 Å². The van der Waals surface area contributed by atoms with E-state index in [1.807, 2.05) is 24.3 Å². The number of methoxy groups -OCH3 is 1. The van der Waals surface area contributed by atoms with E-state index in [1.165, 1.54) is 0 Å². The van der Waals surface area contributed by atoms with Crippen LogP contribution in [0.15, 0.2) is 24.3 Å². The van der Waals surface area contributed by atoms with Crippen molar-refractivity contribution in [3.8, 4) is 5.75 Å². The van der Waals surface area contributed by atoms with Crippen molar-refractivity contribution < 1.29 is 14.3 Å². The lowest BCUT2D eigenvalue weighted by atomic mass is 10.1. The Hall–Kier alpha value is -2.08. The van der Waals surface area contributed by atoms with Crippen LogP contribution in [0.5, 0.6) is 5.75 Å². The van der Waals surface area contributed by atoms with Crippen LogP contribution >= 0.6 is 0 Å². The van der Waals surface area contributed by atoms with Crippen LogP contribution < -0.4 is 10.1 Å². The number of amides is 2. The summed E-state index contributed by atoms with van der Waals surface area (Å²) in [7, 11) is 1.66. The minimum Gasteiger partial charge on any atom is -0.497 e. The SMILES string of the molecule is COc1cccc(CN[C@H]2C[C@H]3C(=O)N4CCC[C@@H]4C(=O)N3C2)c1. The molecule has 1 N–H and O–H groups in total. The van der Waals surface area contributed by atoms with Crippen LogP contribution in [0, 0.1) is 0 Å².